The molecular weight excluding hydrogens is 403 g/mol. The van der Waals surface area contributed by atoms with Crippen molar-refractivity contribution in [3.63, 3.8) is 0 Å². The lowest BCUT2D eigenvalue weighted by atomic mass is 10.1. The van der Waals surface area contributed by atoms with Gasteiger partial charge < -0.3 is 9.73 Å². The lowest BCUT2D eigenvalue weighted by Gasteiger charge is -2.26. The second-order valence-corrected chi connectivity index (χ2v) is 7.92. The van der Waals surface area contributed by atoms with Gasteiger partial charge in [-0.3, -0.25) is 10.1 Å². The monoisotopic (exact) mass is 423 g/mol. The third-order valence-electron chi connectivity index (χ3n) is 4.56. The Morgan fingerprint density at radius 3 is 2.52 bits per heavy atom. The largest absolute Gasteiger partial charge is 0.467 e. The van der Waals surface area contributed by atoms with E-state index in [0.717, 1.165) is 11.8 Å². The van der Waals surface area contributed by atoms with Gasteiger partial charge in [0.2, 0.25) is 5.91 Å². The van der Waals surface area contributed by atoms with Crippen LogP contribution >= 0.6 is 11.8 Å². The van der Waals surface area contributed by atoms with Crippen LogP contribution < -0.4 is 10.6 Å². The molecular formula is C20H20F3N3O2S. The quantitative estimate of drug-likeness (QED) is 0.639. The van der Waals surface area contributed by atoms with Crippen LogP contribution in [0.5, 0.6) is 0 Å². The van der Waals surface area contributed by atoms with Crippen molar-refractivity contribution in [2.45, 2.75) is 42.4 Å². The van der Waals surface area contributed by atoms with Crippen LogP contribution in [-0.4, -0.2) is 29.4 Å². The molecule has 1 heterocycles. The topological polar surface area (TPSA) is 78.1 Å². The SMILES string of the molecule is N#CC1(NC(=O)[C@H](CSCc2ccccc2)NC(c2ccco2)C(F)(F)F)CC1. The first-order valence-corrected chi connectivity index (χ1v) is 10.2. The first kappa shape index (κ1) is 21.3. The number of hydrogen-bond donors (Lipinski definition) is 2. The van der Waals surface area contributed by atoms with Gasteiger partial charge in [-0.15, -0.1) is 0 Å². The lowest BCUT2D eigenvalue weighted by molar-refractivity contribution is -0.164. The summed E-state index contributed by atoms with van der Waals surface area (Å²) in [6.45, 7) is 0. The highest BCUT2D eigenvalue weighted by atomic mass is 32.2. The smallest absolute Gasteiger partial charge is 0.411 e. The summed E-state index contributed by atoms with van der Waals surface area (Å²) in [6, 6.07) is 10.8. The van der Waals surface area contributed by atoms with E-state index in [1.807, 2.05) is 36.4 Å². The summed E-state index contributed by atoms with van der Waals surface area (Å²) < 4.78 is 45.7. The number of nitrogens with zero attached hydrogens (tertiary/aromatic N) is 1. The Balaban J connectivity index is 1.72. The van der Waals surface area contributed by atoms with Crippen LogP contribution in [0.1, 0.15) is 30.2 Å². The molecule has 5 nitrogen and oxygen atoms in total. The Morgan fingerprint density at radius 2 is 1.97 bits per heavy atom. The number of carbonyl (C=O) groups is 1. The minimum absolute atomic E-state index is 0.107. The highest BCUT2D eigenvalue weighted by molar-refractivity contribution is 7.98. The van der Waals surface area contributed by atoms with Crippen molar-refractivity contribution in [2.24, 2.45) is 0 Å². The van der Waals surface area contributed by atoms with Crippen molar-refractivity contribution in [2.75, 3.05) is 5.75 Å². The van der Waals surface area contributed by atoms with Crippen molar-refractivity contribution >= 4 is 17.7 Å². The molecule has 0 saturated heterocycles. The van der Waals surface area contributed by atoms with Crippen LogP contribution in [0.4, 0.5) is 13.2 Å². The summed E-state index contributed by atoms with van der Waals surface area (Å²) in [4.78, 5) is 12.7. The lowest BCUT2D eigenvalue weighted by Crippen LogP contribution is -2.52. The van der Waals surface area contributed by atoms with E-state index in [1.54, 1.807) is 0 Å². The van der Waals surface area contributed by atoms with Crippen LogP contribution in [0, 0.1) is 11.3 Å². The third kappa shape index (κ3) is 5.78. The van der Waals surface area contributed by atoms with Crippen LogP contribution in [0.25, 0.3) is 0 Å². The first-order valence-electron chi connectivity index (χ1n) is 9.04. The summed E-state index contributed by atoms with van der Waals surface area (Å²) in [5.41, 5.74) is 0.0465. The number of carbonyl (C=O) groups excluding carboxylic acids is 1. The number of nitrogens with one attached hydrogen (secondary N) is 2. The molecule has 0 radical (unpaired) electrons. The molecule has 0 spiro atoms. The number of halogens is 3. The highest BCUT2D eigenvalue weighted by Crippen LogP contribution is 2.36. The number of rotatable bonds is 9. The van der Waals surface area contributed by atoms with Crippen LogP contribution in [0.3, 0.4) is 0 Å². The number of amides is 1. The van der Waals surface area contributed by atoms with Crippen molar-refractivity contribution in [1.82, 2.24) is 10.6 Å². The van der Waals surface area contributed by atoms with Crippen LogP contribution in [0.2, 0.25) is 0 Å². The standard InChI is InChI=1S/C20H20F3N3O2S/c21-20(22,23)17(16-7-4-10-28-16)25-15(18(27)26-19(13-24)8-9-19)12-29-11-14-5-2-1-3-6-14/h1-7,10,15,17,25H,8-9,11-12H2,(H,26,27)/t15-,17?/m0/s1. The fraction of sp³-hybridized carbons (Fsp3) is 0.400. The Labute approximate surface area is 170 Å². The zero-order valence-corrected chi connectivity index (χ0v) is 16.2. The Hall–Kier alpha value is -2.44. The summed E-state index contributed by atoms with van der Waals surface area (Å²) in [5, 5.41) is 14.2. The van der Waals surface area contributed by atoms with Gasteiger partial charge in [0.15, 0.2) is 6.04 Å². The zero-order valence-electron chi connectivity index (χ0n) is 15.4. The average molecular weight is 423 g/mol. The number of benzene rings is 1. The van der Waals surface area contributed by atoms with E-state index in [2.05, 4.69) is 10.6 Å². The third-order valence-corrected chi connectivity index (χ3v) is 5.67. The van der Waals surface area contributed by atoms with Crippen molar-refractivity contribution in [3.05, 3.63) is 60.1 Å². The van der Waals surface area contributed by atoms with Gasteiger partial charge in [0.1, 0.15) is 11.3 Å². The molecule has 0 aliphatic heterocycles. The van der Waals surface area contributed by atoms with E-state index in [9.17, 15) is 23.2 Å². The van der Waals surface area contributed by atoms with Gasteiger partial charge in [0.25, 0.3) is 0 Å². The molecule has 1 unspecified atom stereocenters. The Kier molecular flexibility index (Phi) is 6.55. The molecule has 1 aromatic heterocycles. The summed E-state index contributed by atoms with van der Waals surface area (Å²) >= 11 is 1.34. The van der Waals surface area contributed by atoms with Crippen molar-refractivity contribution < 1.29 is 22.4 Å². The maximum absolute atomic E-state index is 13.6. The average Bonchev–Trinajstić information content (AvgIpc) is 3.25. The molecule has 1 aliphatic rings. The predicted octanol–water partition coefficient (Wildman–Crippen LogP) is 3.95. The minimum Gasteiger partial charge on any atom is -0.467 e. The number of hydrogen-bond acceptors (Lipinski definition) is 5. The molecule has 29 heavy (non-hydrogen) atoms. The van der Waals surface area contributed by atoms with E-state index in [0.29, 0.717) is 18.6 Å². The summed E-state index contributed by atoms with van der Waals surface area (Å²) in [5.74, 6) is -0.280. The fourth-order valence-corrected chi connectivity index (χ4v) is 3.80. The van der Waals surface area contributed by atoms with Crippen molar-refractivity contribution in [1.29, 1.82) is 5.26 Å². The second kappa shape index (κ2) is 8.93. The molecule has 1 amide bonds. The molecule has 2 aromatic rings. The van der Waals surface area contributed by atoms with Gasteiger partial charge in [-0.05, 0) is 30.5 Å². The Morgan fingerprint density at radius 1 is 1.24 bits per heavy atom. The first-order chi connectivity index (χ1) is 13.8. The molecule has 1 fully saturated rings. The number of nitriles is 1. The summed E-state index contributed by atoms with van der Waals surface area (Å²) in [6.07, 6.45) is -2.49. The van der Waals surface area contributed by atoms with Crippen LogP contribution in [-0.2, 0) is 10.5 Å². The van der Waals surface area contributed by atoms with Gasteiger partial charge in [0, 0.05) is 11.5 Å². The van der Waals surface area contributed by atoms with Gasteiger partial charge in [-0.2, -0.15) is 30.2 Å². The molecule has 1 saturated carbocycles. The van der Waals surface area contributed by atoms with E-state index in [4.69, 9.17) is 4.42 Å². The molecule has 9 heteroatoms. The molecule has 3 rings (SSSR count). The van der Waals surface area contributed by atoms with Gasteiger partial charge in [-0.25, -0.2) is 0 Å². The molecule has 1 aromatic carbocycles. The molecule has 2 atom stereocenters. The van der Waals surface area contributed by atoms with Gasteiger partial charge in [0.05, 0.1) is 18.4 Å². The predicted molar refractivity (Wildman–Crippen MR) is 103 cm³/mol. The normalized spacial score (nSPS) is 17.2. The second-order valence-electron chi connectivity index (χ2n) is 6.89. The zero-order chi connectivity index (χ0) is 20.9. The number of alkyl halides is 3. The molecule has 0 bridgehead atoms. The van der Waals surface area contributed by atoms with Gasteiger partial charge in [-0.1, -0.05) is 30.3 Å². The van der Waals surface area contributed by atoms with Crippen molar-refractivity contribution in [3.8, 4) is 6.07 Å². The minimum atomic E-state index is -4.65. The van der Waals surface area contributed by atoms with Crippen LogP contribution in [0.15, 0.2) is 53.1 Å². The summed E-state index contributed by atoms with van der Waals surface area (Å²) in [7, 11) is 0. The maximum atomic E-state index is 13.6. The maximum Gasteiger partial charge on any atom is 0.411 e. The highest BCUT2D eigenvalue weighted by Gasteiger charge is 2.48. The molecule has 154 valence electrons. The van der Waals surface area contributed by atoms with E-state index >= 15 is 0 Å². The van der Waals surface area contributed by atoms with E-state index in [1.165, 1.54) is 23.9 Å². The fourth-order valence-electron chi connectivity index (χ4n) is 2.78. The number of thioether (sulfide) groups is 1. The number of furan rings is 1. The van der Waals surface area contributed by atoms with Gasteiger partial charge >= 0.3 is 6.18 Å². The van der Waals surface area contributed by atoms with E-state index in [-0.39, 0.29) is 11.5 Å². The molecule has 2 N–H and O–H groups in total. The van der Waals surface area contributed by atoms with E-state index < -0.39 is 29.7 Å². The molecule has 1 aliphatic carbocycles. The Bertz CT molecular complexity index is 846.